The largest absolute Gasteiger partial charge is 0.368 e. The molecule has 36 heavy (non-hydrogen) atoms. The van der Waals surface area contributed by atoms with Gasteiger partial charge < -0.3 is 20.9 Å². The zero-order valence-corrected chi connectivity index (χ0v) is 21.1. The molecule has 4 heterocycles. The van der Waals surface area contributed by atoms with Crippen molar-refractivity contribution in [2.24, 2.45) is 0 Å². The number of carbonyl (C=O) groups is 2. The fourth-order valence-electron chi connectivity index (χ4n) is 4.39. The van der Waals surface area contributed by atoms with E-state index in [0.717, 1.165) is 30.8 Å². The van der Waals surface area contributed by atoms with Crippen LogP contribution in [-0.4, -0.2) is 62.8 Å². The number of hydrogen-bond acceptors (Lipinski definition) is 7. The molecule has 0 aromatic carbocycles. The summed E-state index contributed by atoms with van der Waals surface area (Å²) in [6.07, 6.45) is 6.81. The van der Waals surface area contributed by atoms with Gasteiger partial charge in [0, 0.05) is 37.4 Å². The maximum Gasteiger partial charge on any atom is 0.260 e. The van der Waals surface area contributed by atoms with Gasteiger partial charge in [0.25, 0.3) is 11.8 Å². The molecule has 4 N–H and O–H groups in total. The quantitative estimate of drug-likeness (QED) is 0.394. The van der Waals surface area contributed by atoms with Crippen molar-refractivity contribution in [3.8, 4) is 0 Å². The Hall–Kier alpha value is -4.05. The van der Waals surface area contributed by atoms with Crippen molar-refractivity contribution in [2.45, 2.75) is 34.2 Å². The van der Waals surface area contributed by atoms with Crippen LogP contribution >= 0.6 is 0 Å². The molecule has 10 heteroatoms. The van der Waals surface area contributed by atoms with Crippen LogP contribution in [0.1, 0.15) is 52.3 Å². The Morgan fingerprint density at radius 1 is 1.19 bits per heavy atom. The van der Waals surface area contributed by atoms with Crippen molar-refractivity contribution in [2.75, 3.05) is 36.8 Å². The van der Waals surface area contributed by atoms with Crippen molar-refractivity contribution in [1.29, 1.82) is 0 Å². The van der Waals surface area contributed by atoms with E-state index in [1.54, 1.807) is 29.6 Å². The number of aromatic nitrogens is 4. The summed E-state index contributed by atoms with van der Waals surface area (Å²) in [4.78, 5) is 46.1. The second-order valence-electron chi connectivity index (χ2n) is 8.69. The predicted octanol–water partition coefficient (Wildman–Crippen LogP) is 2.56. The molecule has 4 rings (SSSR count). The van der Waals surface area contributed by atoms with Gasteiger partial charge >= 0.3 is 0 Å². The van der Waals surface area contributed by atoms with Gasteiger partial charge in [0.2, 0.25) is 5.95 Å². The van der Waals surface area contributed by atoms with Gasteiger partial charge in [0.05, 0.1) is 28.9 Å². The third kappa shape index (κ3) is 4.99. The van der Waals surface area contributed by atoms with Gasteiger partial charge in [0.1, 0.15) is 5.82 Å². The Morgan fingerprint density at radius 3 is 2.61 bits per heavy atom. The summed E-state index contributed by atoms with van der Waals surface area (Å²) in [5.41, 5.74) is 10.5. The van der Waals surface area contributed by atoms with Crippen LogP contribution in [0.2, 0.25) is 0 Å². The van der Waals surface area contributed by atoms with Gasteiger partial charge in [0.15, 0.2) is 0 Å². The number of nitrogen functional groups attached to an aromatic ring is 1. The number of fused-ring (bicyclic) bond motifs is 1. The summed E-state index contributed by atoms with van der Waals surface area (Å²) >= 11 is 0. The van der Waals surface area contributed by atoms with E-state index in [4.69, 9.17) is 5.73 Å². The van der Waals surface area contributed by atoms with E-state index in [2.05, 4.69) is 44.0 Å². The topological polar surface area (TPSA) is 133 Å². The number of anilines is 2. The molecule has 0 unspecified atom stereocenters. The number of amides is 2. The van der Waals surface area contributed by atoms with Gasteiger partial charge in [-0.15, -0.1) is 0 Å². The molecule has 0 radical (unpaired) electrons. The van der Waals surface area contributed by atoms with Gasteiger partial charge in [-0.2, -0.15) is 4.98 Å². The van der Waals surface area contributed by atoms with Crippen molar-refractivity contribution in [1.82, 2.24) is 30.2 Å². The van der Waals surface area contributed by atoms with Gasteiger partial charge in [-0.3, -0.25) is 19.5 Å². The molecule has 188 valence electrons. The van der Waals surface area contributed by atoms with Gasteiger partial charge in [-0.25, -0.2) is 4.98 Å². The van der Waals surface area contributed by atoms with Crippen LogP contribution in [0.3, 0.4) is 0 Å². The SMILES string of the molecule is CCN(CC)CCNC(=O)c1c[nH]c(/C=C2\C(=O)N(Cc3ccncc3)c3nc(N)nc(C)c32)c1C. The lowest BCUT2D eigenvalue weighted by molar-refractivity contribution is -0.113. The van der Waals surface area contributed by atoms with Crippen molar-refractivity contribution < 1.29 is 9.59 Å². The first-order valence-corrected chi connectivity index (χ1v) is 12.1. The Kier molecular flexibility index (Phi) is 7.44. The van der Waals surface area contributed by atoms with Crippen molar-refractivity contribution >= 4 is 35.2 Å². The Morgan fingerprint density at radius 2 is 1.92 bits per heavy atom. The smallest absolute Gasteiger partial charge is 0.260 e. The number of aryl methyl sites for hydroxylation is 1. The summed E-state index contributed by atoms with van der Waals surface area (Å²) in [7, 11) is 0. The lowest BCUT2D eigenvalue weighted by atomic mass is 10.0. The molecule has 10 nitrogen and oxygen atoms in total. The maximum absolute atomic E-state index is 13.6. The first-order valence-electron chi connectivity index (χ1n) is 12.1. The highest BCUT2D eigenvalue weighted by Crippen LogP contribution is 2.39. The number of carbonyl (C=O) groups excluding carboxylic acids is 2. The first-order chi connectivity index (χ1) is 17.3. The molecular weight excluding hydrogens is 456 g/mol. The minimum atomic E-state index is -0.205. The summed E-state index contributed by atoms with van der Waals surface area (Å²) in [5, 5.41) is 2.98. The minimum Gasteiger partial charge on any atom is -0.368 e. The molecule has 3 aromatic rings. The Labute approximate surface area is 210 Å². The Balaban J connectivity index is 1.62. The minimum absolute atomic E-state index is 0.111. The molecule has 1 aliphatic rings. The summed E-state index contributed by atoms with van der Waals surface area (Å²) < 4.78 is 0. The number of pyridine rings is 1. The molecule has 0 spiro atoms. The van der Waals surface area contributed by atoms with Gasteiger partial charge in [-0.05, 0) is 56.3 Å². The zero-order chi connectivity index (χ0) is 25.8. The molecule has 0 saturated heterocycles. The molecule has 0 fully saturated rings. The number of hydrogen-bond donors (Lipinski definition) is 3. The Bertz CT molecular complexity index is 1290. The number of likely N-dealkylation sites (N-methyl/N-ethyl adjacent to an activating group) is 1. The second kappa shape index (κ2) is 10.7. The number of nitrogens with one attached hydrogen (secondary N) is 2. The summed E-state index contributed by atoms with van der Waals surface area (Å²) in [6, 6.07) is 3.71. The number of nitrogens with two attached hydrogens (primary N) is 1. The molecule has 0 bridgehead atoms. The van der Waals surface area contributed by atoms with E-state index < -0.39 is 0 Å². The van der Waals surface area contributed by atoms with Crippen LogP contribution in [0, 0.1) is 13.8 Å². The molecule has 0 atom stereocenters. The maximum atomic E-state index is 13.6. The van der Waals surface area contributed by atoms with E-state index in [0.29, 0.717) is 47.0 Å². The highest BCUT2D eigenvalue weighted by molar-refractivity contribution is 6.35. The van der Waals surface area contributed by atoms with E-state index in [1.165, 1.54) is 0 Å². The summed E-state index contributed by atoms with van der Waals surface area (Å²) in [5.74, 6) is 0.237. The monoisotopic (exact) mass is 488 g/mol. The normalized spacial score (nSPS) is 14.1. The molecule has 1 aliphatic heterocycles. The van der Waals surface area contributed by atoms with E-state index in [1.807, 2.05) is 26.0 Å². The van der Waals surface area contributed by atoms with Crippen LogP contribution < -0.4 is 16.0 Å². The number of aromatic amines is 1. The molecule has 0 saturated carbocycles. The second-order valence-corrected chi connectivity index (χ2v) is 8.69. The van der Waals surface area contributed by atoms with Crippen LogP contribution in [0.25, 0.3) is 11.6 Å². The van der Waals surface area contributed by atoms with Crippen LogP contribution in [0.4, 0.5) is 11.8 Å². The van der Waals surface area contributed by atoms with Gasteiger partial charge in [-0.1, -0.05) is 13.8 Å². The fourth-order valence-corrected chi connectivity index (χ4v) is 4.39. The van der Waals surface area contributed by atoms with Crippen LogP contribution in [-0.2, 0) is 11.3 Å². The fraction of sp³-hybridized carbons (Fsp3) is 0.346. The molecule has 3 aromatic heterocycles. The van der Waals surface area contributed by atoms with Crippen molar-refractivity contribution in [3.63, 3.8) is 0 Å². The standard InChI is InChI=1S/C26H32N8O2/c1-5-33(6-2)12-11-29-24(35)20-14-30-21(16(20)3)13-19-22-17(4)31-26(27)32-23(22)34(25(19)36)15-18-7-9-28-10-8-18/h7-10,13-14,30H,5-6,11-12,15H2,1-4H3,(H,29,35)(H2,27,31,32)/b19-13-. The van der Waals surface area contributed by atoms with Crippen molar-refractivity contribution in [3.05, 3.63) is 64.4 Å². The molecular formula is C26H32N8O2. The lowest BCUT2D eigenvalue weighted by Crippen LogP contribution is -2.34. The number of rotatable bonds is 9. The van der Waals surface area contributed by atoms with Crippen LogP contribution in [0.5, 0.6) is 0 Å². The molecule has 2 amide bonds. The third-order valence-electron chi connectivity index (χ3n) is 6.50. The number of H-pyrrole nitrogens is 1. The highest BCUT2D eigenvalue weighted by Gasteiger charge is 2.36. The van der Waals surface area contributed by atoms with E-state index >= 15 is 0 Å². The highest BCUT2D eigenvalue weighted by atomic mass is 16.2. The predicted molar refractivity (Wildman–Crippen MR) is 140 cm³/mol. The third-order valence-corrected chi connectivity index (χ3v) is 6.50. The zero-order valence-electron chi connectivity index (χ0n) is 21.1. The van der Waals surface area contributed by atoms with E-state index in [-0.39, 0.29) is 17.8 Å². The first kappa shape index (κ1) is 25.1. The molecule has 0 aliphatic carbocycles. The van der Waals surface area contributed by atoms with Crippen LogP contribution in [0.15, 0.2) is 30.7 Å². The van der Waals surface area contributed by atoms with E-state index in [9.17, 15) is 9.59 Å². The summed E-state index contributed by atoms with van der Waals surface area (Å²) in [6.45, 7) is 11.4. The lowest BCUT2D eigenvalue weighted by Gasteiger charge is -2.17. The number of nitrogens with zero attached hydrogens (tertiary/aromatic N) is 5. The average molecular weight is 489 g/mol. The average Bonchev–Trinajstić information content (AvgIpc) is 3.35.